The molecule has 0 spiro atoms. The van der Waals surface area contributed by atoms with E-state index in [2.05, 4.69) is 5.10 Å². The summed E-state index contributed by atoms with van der Waals surface area (Å²) in [4.78, 5) is 0. The van der Waals surface area contributed by atoms with Crippen LogP contribution in [0.1, 0.15) is 11.4 Å². The van der Waals surface area contributed by atoms with Crippen molar-refractivity contribution >= 4 is 12.4 Å². The summed E-state index contributed by atoms with van der Waals surface area (Å²) < 4.78 is 7.22. The van der Waals surface area contributed by atoms with E-state index in [9.17, 15) is 0 Å². The molecule has 0 aromatic carbocycles. The van der Waals surface area contributed by atoms with Crippen molar-refractivity contribution in [1.82, 2.24) is 9.78 Å². The molecule has 1 aromatic rings. The third-order valence-corrected chi connectivity index (χ3v) is 1.82. The molecule has 12 heavy (non-hydrogen) atoms. The van der Waals surface area contributed by atoms with Gasteiger partial charge in [0.25, 0.3) is 0 Å². The Morgan fingerprint density at radius 3 is 3.17 bits per heavy atom. The maximum atomic E-state index is 5.45. The van der Waals surface area contributed by atoms with E-state index in [0.29, 0.717) is 13.2 Å². The molecule has 2 heterocycles. The first kappa shape index (κ1) is 9.51. The van der Waals surface area contributed by atoms with Gasteiger partial charge in [0.2, 0.25) is 0 Å². The number of hydrogen-bond donors (Lipinski definition) is 1. The van der Waals surface area contributed by atoms with Crippen LogP contribution in [0.4, 0.5) is 0 Å². The van der Waals surface area contributed by atoms with Crippen LogP contribution in [0.25, 0.3) is 0 Å². The fourth-order valence-corrected chi connectivity index (χ4v) is 1.25. The third-order valence-electron chi connectivity index (χ3n) is 1.82. The van der Waals surface area contributed by atoms with Gasteiger partial charge in [0.15, 0.2) is 0 Å². The highest BCUT2D eigenvalue weighted by molar-refractivity contribution is 5.85. The number of nitrogens with zero attached hydrogens (tertiary/aromatic N) is 2. The maximum absolute atomic E-state index is 5.45. The lowest BCUT2D eigenvalue weighted by molar-refractivity contribution is 0.0800. The molecule has 0 saturated carbocycles. The van der Waals surface area contributed by atoms with Crippen molar-refractivity contribution in [1.29, 1.82) is 0 Å². The van der Waals surface area contributed by atoms with E-state index < -0.39 is 0 Å². The van der Waals surface area contributed by atoms with E-state index in [1.165, 1.54) is 0 Å². The van der Waals surface area contributed by atoms with Crippen LogP contribution in [-0.4, -0.2) is 16.4 Å². The predicted molar refractivity (Wildman–Crippen MR) is 47.0 cm³/mol. The van der Waals surface area contributed by atoms with Crippen molar-refractivity contribution in [3.05, 3.63) is 17.5 Å². The molecule has 5 heteroatoms. The molecule has 0 amide bonds. The Balaban J connectivity index is 0.000000720. The minimum absolute atomic E-state index is 0. The summed E-state index contributed by atoms with van der Waals surface area (Å²) >= 11 is 0. The van der Waals surface area contributed by atoms with Crippen LogP contribution in [0.15, 0.2) is 6.07 Å². The van der Waals surface area contributed by atoms with E-state index in [-0.39, 0.29) is 12.4 Å². The second-order valence-electron chi connectivity index (χ2n) is 2.61. The zero-order valence-electron chi connectivity index (χ0n) is 6.69. The van der Waals surface area contributed by atoms with Crippen molar-refractivity contribution < 1.29 is 4.74 Å². The SMILES string of the molecule is Cl.NCc1cc2n(n1)CCOC2. The van der Waals surface area contributed by atoms with Crippen LogP contribution in [0.2, 0.25) is 0 Å². The average Bonchev–Trinajstić information content (AvgIpc) is 2.46. The van der Waals surface area contributed by atoms with Crippen LogP contribution >= 0.6 is 12.4 Å². The number of fused-ring (bicyclic) bond motifs is 1. The third kappa shape index (κ3) is 1.60. The molecule has 0 saturated heterocycles. The molecule has 1 aromatic heterocycles. The van der Waals surface area contributed by atoms with E-state index in [1.54, 1.807) is 0 Å². The maximum Gasteiger partial charge on any atom is 0.0885 e. The lowest BCUT2D eigenvalue weighted by Crippen LogP contribution is -2.17. The highest BCUT2D eigenvalue weighted by Gasteiger charge is 2.10. The van der Waals surface area contributed by atoms with Gasteiger partial charge < -0.3 is 10.5 Å². The van der Waals surface area contributed by atoms with Crippen molar-refractivity contribution in [3.8, 4) is 0 Å². The molecular weight excluding hydrogens is 178 g/mol. The molecule has 1 aliphatic rings. The highest BCUT2D eigenvalue weighted by Crippen LogP contribution is 2.09. The molecule has 2 N–H and O–H groups in total. The van der Waals surface area contributed by atoms with Gasteiger partial charge >= 0.3 is 0 Å². The van der Waals surface area contributed by atoms with Gasteiger partial charge in [0, 0.05) is 6.54 Å². The molecule has 0 fully saturated rings. The number of nitrogens with two attached hydrogens (primary N) is 1. The molecule has 0 atom stereocenters. The van der Waals surface area contributed by atoms with Crippen molar-refractivity contribution in [2.24, 2.45) is 5.73 Å². The monoisotopic (exact) mass is 189 g/mol. The number of ether oxygens (including phenoxy) is 1. The van der Waals surface area contributed by atoms with Crippen LogP contribution in [0, 0.1) is 0 Å². The number of aromatic nitrogens is 2. The first-order valence-electron chi connectivity index (χ1n) is 3.73. The molecule has 68 valence electrons. The van der Waals surface area contributed by atoms with E-state index in [0.717, 1.165) is 24.5 Å². The van der Waals surface area contributed by atoms with Crippen molar-refractivity contribution in [3.63, 3.8) is 0 Å². The molecule has 0 aliphatic carbocycles. The van der Waals surface area contributed by atoms with Crippen molar-refractivity contribution in [2.75, 3.05) is 6.61 Å². The largest absolute Gasteiger partial charge is 0.373 e. The van der Waals surface area contributed by atoms with E-state index in [1.807, 2.05) is 10.7 Å². The highest BCUT2D eigenvalue weighted by atomic mass is 35.5. The molecule has 2 rings (SSSR count). The lowest BCUT2D eigenvalue weighted by atomic mass is 10.3. The molecular formula is C7H12ClN3O. The van der Waals surface area contributed by atoms with Gasteiger partial charge in [-0.15, -0.1) is 12.4 Å². The Hall–Kier alpha value is -0.580. The van der Waals surface area contributed by atoms with Crippen LogP contribution in [0.3, 0.4) is 0 Å². The smallest absolute Gasteiger partial charge is 0.0885 e. The first-order valence-corrected chi connectivity index (χ1v) is 3.73. The second-order valence-corrected chi connectivity index (χ2v) is 2.61. The van der Waals surface area contributed by atoms with Crippen LogP contribution in [-0.2, 0) is 24.4 Å². The van der Waals surface area contributed by atoms with Gasteiger partial charge in [-0.05, 0) is 6.07 Å². The summed E-state index contributed by atoms with van der Waals surface area (Å²) in [7, 11) is 0. The molecule has 0 unspecified atom stereocenters. The Morgan fingerprint density at radius 2 is 2.50 bits per heavy atom. The summed E-state index contributed by atoms with van der Waals surface area (Å²) in [6.07, 6.45) is 0. The zero-order chi connectivity index (χ0) is 7.68. The molecule has 0 bridgehead atoms. The summed E-state index contributed by atoms with van der Waals surface area (Å²) in [5, 5.41) is 4.28. The van der Waals surface area contributed by atoms with Crippen LogP contribution in [0.5, 0.6) is 0 Å². The Kier molecular flexibility index (Phi) is 3.08. The first-order chi connectivity index (χ1) is 5.40. The summed E-state index contributed by atoms with van der Waals surface area (Å²) in [6.45, 7) is 2.81. The lowest BCUT2D eigenvalue weighted by Gasteiger charge is -2.12. The minimum Gasteiger partial charge on any atom is -0.373 e. The number of hydrogen-bond acceptors (Lipinski definition) is 3. The normalized spacial score (nSPS) is 15.1. The Bertz CT molecular complexity index is 238. The zero-order valence-corrected chi connectivity index (χ0v) is 7.51. The average molecular weight is 190 g/mol. The summed E-state index contributed by atoms with van der Waals surface area (Å²) in [5.74, 6) is 0. The molecule has 1 aliphatic heterocycles. The van der Waals surface area contributed by atoms with Gasteiger partial charge in [-0.2, -0.15) is 5.10 Å². The van der Waals surface area contributed by atoms with Gasteiger partial charge in [-0.3, -0.25) is 4.68 Å². The minimum atomic E-state index is 0. The number of halogens is 1. The quantitative estimate of drug-likeness (QED) is 0.691. The fraction of sp³-hybridized carbons (Fsp3) is 0.571. The Labute approximate surface area is 77.1 Å². The topological polar surface area (TPSA) is 53.1 Å². The van der Waals surface area contributed by atoms with Gasteiger partial charge in [-0.25, -0.2) is 0 Å². The molecule has 4 nitrogen and oxygen atoms in total. The second kappa shape index (κ2) is 3.89. The summed E-state index contributed by atoms with van der Waals surface area (Å²) in [5.41, 5.74) is 7.53. The van der Waals surface area contributed by atoms with Gasteiger partial charge in [0.1, 0.15) is 0 Å². The molecule has 0 radical (unpaired) electrons. The van der Waals surface area contributed by atoms with Gasteiger partial charge in [0.05, 0.1) is 31.1 Å². The van der Waals surface area contributed by atoms with Crippen LogP contribution < -0.4 is 5.73 Å². The van der Waals surface area contributed by atoms with E-state index in [4.69, 9.17) is 10.5 Å². The van der Waals surface area contributed by atoms with Gasteiger partial charge in [-0.1, -0.05) is 0 Å². The standard InChI is InChI=1S/C7H11N3O.ClH/c8-4-6-3-7-5-11-2-1-10(7)9-6;/h3H,1-2,4-5,8H2;1H. The predicted octanol–water partition coefficient (Wildman–Crippen LogP) is 0.294. The summed E-state index contributed by atoms with van der Waals surface area (Å²) in [6, 6.07) is 2.00. The number of rotatable bonds is 1. The van der Waals surface area contributed by atoms with Crippen molar-refractivity contribution in [2.45, 2.75) is 19.7 Å². The fourth-order valence-electron chi connectivity index (χ4n) is 1.25. The van der Waals surface area contributed by atoms with E-state index >= 15 is 0 Å². The Morgan fingerprint density at radius 1 is 1.67 bits per heavy atom.